The molecule has 4 nitrogen and oxygen atoms in total. The van der Waals surface area contributed by atoms with Crippen molar-refractivity contribution in [3.05, 3.63) is 16.3 Å². The van der Waals surface area contributed by atoms with Gasteiger partial charge in [0.1, 0.15) is 0 Å². The molecule has 2 N–H and O–H groups in total. The quantitative estimate of drug-likeness (QED) is 0.870. The van der Waals surface area contributed by atoms with Gasteiger partial charge in [0.25, 0.3) is 0 Å². The maximum atomic E-state index is 11.1. The summed E-state index contributed by atoms with van der Waals surface area (Å²) in [6.45, 7) is 8.11. The lowest BCUT2D eigenvalue weighted by Gasteiger charge is -2.32. The summed E-state index contributed by atoms with van der Waals surface area (Å²) in [5, 5.41) is 8.53. The Balaban J connectivity index is 1.84. The van der Waals surface area contributed by atoms with E-state index >= 15 is 0 Å². The van der Waals surface area contributed by atoms with Crippen LogP contribution in [0, 0.1) is 0 Å². The van der Waals surface area contributed by atoms with E-state index in [1.54, 1.807) is 18.3 Å². The van der Waals surface area contributed by atoms with Gasteiger partial charge in [-0.2, -0.15) is 0 Å². The van der Waals surface area contributed by atoms with Crippen molar-refractivity contribution in [2.75, 3.05) is 25.0 Å². The third-order valence-electron chi connectivity index (χ3n) is 3.56. The summed E-state index contributed by atoms with van der Waals surface area (Å²) in [7, 11) is 0. The molecule has 1 fully saturated rings. The number of hydrogen-bond donors (Lipinski definition) is 2. The Morgan fingerprint density at radius 2 is 2.42 bits per heavy atom. The highest BCUT2D eigenvalue weighted by Gasteiger charge is 2.18. The number of amides is 1. The molecule has 19 heavy (non-hydrogen) atoms. The number of rotatable bonds is 5. The fourth-order valence-corrected chi connectivity index (χ4v) is 3.31. The zero-order chi connectivity index (χ0) is 13.7. The first kappa shape index (κ1) is 14.5. The number of hydrogen-bond acceptors (Lipinski definition) is 4. The molecule has 0 saturated carbocycles. The molecule has 0 aliphatic carbocycles. The van der Waals surface area contributed by atoms with Crippen molar-refractivity contribution < 1.29 is 4.79 Å². The highest BCUT2D eigenvalue weighted by atomic mass is 32.1. The van der Waals surface area contributed by atoms with E-state index in [0.29, 0.717) is 6.04 Å². The summed E-state index contributed by atoms with van der Waals surface area (Å²) in [4.78, 5) is 14.8. The average molecular weight is 281 g/mol. The Morgan fingerprint density at radius 1 is 1.58 bits per heavy atom. The average Bonchev–Trinajstić information content (AvgIpc) is 2.83. The largest absolute Gasteiger partial charge is 0.325 e. The van der Waals surface area contributed by atoms with E-state index in [0.717, 1.165) is 25.3 Å². The minimum atomic E-state index is -0.00512. The van der Waals surface area contributed by atoms with Crippen LogP contribution in [0.1, 0.15) is 31.6 Å². The lowest BCUT2D eigenvalue weighted by molar-refractivity contribution is -0.114. The first-order valence-corrected chi connectivity index (χ1v) is 7.86. The lowest BCUT2D eigenvalue weighted by Crippen LogP contribution is -2.45. The van der Waals surface area contributed by atoms with Gasteiger partial charge in [-0.3, -0.25) is 4.79 Å². The maximum Gasteiger partial charge on any atom is 0.221 e. The van der Waals surface area contributed by atoms with Crippen molar-refractivity contribution in [1.82, 2.24) is 10.2 Å². The van der Waals surface area contributed by atoms with Crippen LogP contribution in [0.25, 0.3) is 0 Å². The highest BCUT2D eigenvalue weighted by molar-refractivity contribution is 7.10. The SMILES string of the molecule is CCN1CCCC(NCc2sccc2NC(C)=O)C1. The number of likely N-dealkylation sites (N-methyl/N-ethyl adjacent to an activating group) is 1. The molecule has 5 heteroatoms. The van der Waals surface area contributed by atoms with Crippen molar-refractivity contribution in [3.63, 3.8) is 0 Å². The third-order valence-corrected chi connectivity index (χ3v) is 4.48. The first-order chi connectivity index (χ1) is 9.19. The lowest BCUT2D eigenvalue weighted by atomic mass is 10.1. The topological polar surface area (TPSA) is 44.4 Å². The summed E-state index contributed by atoms with van der Waals surface area (Å²) in [6, 6.07) is 2.54. The Kier molecular flexibility index (Phi) is 5.36. The standard InChI is InChI=1S/C14H23N3OS/c1-3-17-7-4-5-12(10-17)15-9-14-13(6-8-19-14)16-11(2)18/h6,8,12,15H,3-5,7,9-10H2,1-2H3,(H,16,18). The van der Waals surface area contributed by atoms with Crippen molar-refractivity contribution in [1.29, 1.82) is 0 Å². The second kappa shape index (κ2) is 7.03. The number of thiophene rings is 1. The molecule has 1 aliphatic rings. The molecule has 1 aromatic rings. The second-order valence-corrected chi connectivity index (χ2v) is 6.05. The molecule has 106 valence electrons. The van der Waals surface area contributed by atoms with Gasteiger partial charge in [-0.05, 0) is 37.4 Å². The van der Waals surface area contributed by atoms with Crippen molar-refractivity contribution in [2.24, 2.45) is 0 Å². The normalized spacial score (nSPS) is 20.4. The van der Waals surface area contributed by atoms with Crippen molar-refractivity contribution in [3.8, 4) is 0 Å². The fraction of sp³-hybridized carbons (Fsp3) is 0.643. The Bertz CT molecular complexity index is 419. The molecule has 1 unspecified atom stereocenters. The van der Waals surface area contributed by atoms with Crippen LogP contribution in [0.15, 0.2) is 11.4 Å². The molecule has 0 radical (unpaired) electrons. The van der Waals surface area contributed by atoms with Crippen LogP contribution in [0.2, 0.25) is 0 Å². The molecule has 1 aliphatic heterocycles. The molecule has 1 aromatic heterocycles. The Morgan fingerprint density at radius 3 is 3.16 bits per heavy atom. The Labute approximate surface area is 119 Å². The van der Waals surface area contributed by atoms with E-state index in [9.17, 15) is 4.79 Å². The molecule has 1 atom stereocenters. The molecule has 2 rings (SSSR count). The van der Waals surface area contributed by atoms with E-state index in [-0.39, 0.29) is 5.91 Å². The predicted molar refractivity (Wildman–Crippen MR) is 80.6 cm³/mol. The zero-order valence-electron chi connectivity index (χ0n) is 11.7. The van der Waals surface area contributed by atoms with Gasteiger partial charge in [0, 0.05) is 30.9 Å². The number of nitrogens with one attached hydrogen (secondary N) is 2. The van der Waals surface area contributed by atoms with Crippen LogP contribution in [-0.4, -0.2) is 36.5 Å². The number of carbonyl (C=O) groups is 1. The highest BCUT2D eigenvalue weighted by Crippen LogP contribution is 2.22. The number of piperidine rings is 1. The van der Waals surface area contributed by atoms with Gasteiger partial charge in [0.2, 0.25) is 5.91 Å². The summed E-state index contributed by atoms with van der Waals surface area (Å²) >= 11 is 1.70. The number of anilines is 1. The summed E-state index contributed by atoms with van der Waals surface area (Å²) in [6.07, 6.45) is 2.52. The van der Waals surface area contributed by atoms with Crippen LogP contribution in [0.4, 0.5) is 5.69 Å². The van der Waals surface area contributed by atoms with Crippen LogP contribution in [-0.2, 0) is 11.3 Å². The van der Waals surface area contributed by atoms with Crippen LogP contribution in [0.3, 0.4) is 0 Å². The van der Waals surface area contributed by atoms with Gasteiger partial charge in [-0.25, -0.2) is 0 Å². The van der Waals surface area contributed by atoms with Gasteiger partial charge in [-0.15, -0.1) is 11.3 Å². The predicted octanol–water partition coefficient (Wildman–Crippen LogP) is 2.28. The van der Waals surface area contributed by atoms with Crippen molar-refractivity contribution >= 4 is 22.9 Å². The van der Waals surface area contributed by atoms with E-state index < -0.39 is 0 Å². The molecule has 1 amide bonds. The van der Waals surface area contributed by atoms with Crippen LogP contribution in [0.5, 0.6) is 0 Å². The second-order valence-electron chi connectivity index (χ2n) is 5.05. The molecular weight excluding hydrogens is 258 g/mol. The minimum absolute atomic E-state index is 0.00512. The third kappa shape index (κ3) is 4.30. The van der Waals surface area contributed by atoms with Gasteiger partial charge < -0.3 is 15.5 Å². The molecule has 0 bridgehead atoms. The maximum absolute atomic E-state index is 11.1. The molecule has 2 heterocycles. The summed E-state index contributed by atoms with van der Waals surface area (Å²) in [5.41, 5.74) is 0.952. The minimum Gasteiger partial charge on any atom is -0.325 e. The van der Waals surface area contributed by atoms with E-state index in [2.05, 4.69) is 22.5 Å². The molecule has 0 aromatic carbocycles. The van der Waals surface area contributed by atoms with Crippen LogP contribution < -0.4 is 10.6 Å². The number of carbonyl (C=O) groups excluding carboxylic acids is 1. The zero-order valence-corrected chi connectivity index (χ0v) is 12.6. The molecule has 1 saturated heterocycles. The molecule has 0 spiro atoms. The number of likely N-dealkylation sites (tertiary alicyclic amines) is 1. The van der Waals surface area contributed by atoms with E-state index in [1.807, 2.05) is 11.4 Å². The van der Waals surface area contributed by atoms with Gasteiger partial charge in [0.15, 0.2) is 0 Å². The van der Waals surface area contributed by atoms with E-state index in [4.69, 9.17) is 0 Å². The Hall–Kier alpha value is -0.910. The van der Waals surface area contributed by atoms with Crippen molar-refractivity contribution in [2.45, 2.75) is 39.3 Å². The van der Waals surface area contributed by atoms with E-state index in [1.165, 1.54) is 24.3 Å². The van der Waals surface area contributed by atoms with Gasteiger partial charge >= 0.3 is 0 Å². The summed E-state index contributed by atoms with van der Waals surface area (Å²) < 4.78 is 0. The van der Waals surface area contributed by atoms with Gasteiger partial charge in [-0.1, -0.05) is 6.92 Å². The molecular formula is C14H23N3OS. The smallest absolute Gasteiger partial charge is 0.221 e. The van der Waals surface area contributed by atoms with Gasteiger partial charge in [0.05, 0.1) is 5.69 Å². The van der Waals surface area contributed by atoms with Crippen LogP contribution >= 0.6 is 11.3 Å². The first-order valence-electron chi connectivity index (χ1n) is 6.98. The monoisotopic (exact) mass is 281 g/mol. The summed E-state index contributed by atoms with van der Waals surface area (Å²) in [5.74, 6) is -0.00512. The number of nitrogens with zero attached hydrogens (tertiary/aromatic N) is 1. The fourth-order valence-electron chi connectivity index (χ4n) is 2.52.